The molecular formula is C16H26N4O3. The third-order valence-electron chi connectivity index (χ3n) is 5.50. The van der Waals surface area contributed by atoms with Crippen molar-refractivity contribution >= 4 is 17.8 Å². The smallest absolute Gasteiger partial charge is 0.325 e. The number of rotatable bonds is 4. The van der Waals surface area contributed by atoms with Gasteiger partial charge in [0.2, 0.25) is 5.91 Å². The van der Waals surface area contributed by atoms with Crippen molar-refractivity contribution in [2.45, 2.75) is 56.5 Å². The lowest BCUT2D eigenvalue weighted by molar-refractivity contribution is -0.134. The number of nitrogens with one attached hydrogen (secondary N) is 2. The molecule has 2 N–H and O–H groups in total. The summed E-state index contributed by atoms with van der Waals surface area (Å²) in [6, 6.07) is -0.0813. The van der Waals surface area contributed by atoms with Crippen LogP contribution in [0.3, 0.4) is 0 Å². The SMILES string of the molecule is CN(C(=O)CCN1C(=O)NC2(CCCC2)C1=O)C1CCNCC1. The van der Waals surface area contributed by atoms with Crippen LogP contribution < -0.4 is 10.6 Å². The molecule has 128 valence electrons. The molecule has 0 radical (unpaired) electrons. The highest BCUT2D eigenvalue weighted by atomic mass is 16.2. The fourth-order valence-corrected chi connectivity index (χ4v) is 3.98. The normalized spacial score (nSPS) is 24.3. The third-order valence-corrected chi connectivity index (χ3v) is 5.50. The van der Waals surface area contributed by atoms with Crippen molar-refractivity contribution in [3.8, 4) is 0 Å². The summed E-state index contributed by atoms with van der Waals surface area (Å²) in [7, 11) is 1.82. The Morgan fingerprint density at radius 3 is 2.57 bits per heavy atom. The first-order valence-electron chi connectivity index (χ1n) is 8.64. The van der Waals surface area contributed by atoms with Crippen LogP contribution in [-0.4, -0.2) is 65.9 Å². The number of carbonyl (C=O) groups excluding carboxylic acids is 3. The largest absolute Gasteiger partial charge is 0.343 e. The van der Waals surface area contributed by atoms with E-state index < -0.39 is 5.54 Å². The lowest BCUT2D eigenvalue weighted by Gasteiger charge is -2.32. The maximum atomic E-state index is 12.5. The quantitative estimate of drug-likeness (QED) is 0.737. The van der Waals surface area contributed by atoms with Crippen LogP contribution in [-0.2, 0) is 9.59 Å². The molecule has 0 bridgehead atoms. The molecule has 0 aromatic carbocycles. The van der Waals surface area contributed by atoms with Crippen molar-refractivity contribution in [3.63, 3.8) is 0 Å². The zero-order valence-corrected chi connectivity index (χ0v) is 13.8. The lowest BCUT2D eigenvalue weighted by Crippen LogP contribution is -2.45. The number of urea groups is 1. The van der Waals surface area contributed by atoms with Gasteiger partial charge in [0, 0.05) is 26.1 Å². The van der Waals surface area contributed by atoms with Crippen LogP contribution in [0.4, 0.5) is 4.79 Å². The van der Waals surface area contributed by atoms with Gasteiger partial charge in [-0.25, -0.2) is 4.79 Å². The molecule has 2 saturated heterocycles. The van der Waals surface area contributed by atoms with E-state index in [0.717, 1.165) is 51.6 Å². The van der Waals surface area contributed by atoms with E-state index in [1.807, 2.05) is 7.05 Å². The van der Waals surface area contributed by atoms with E-state index in [4.69, 9.17) is 0 Å². The van der Waals surface area contributed by atoms with Gasteiger partial charge in [0.1, 0.15) is 5.54 Å². The van der Waals surface area contributed by atoms with Gasteiger partial charge in [0.15, 0.2) is 0 Å². The molecule has 0 unspecified atom stereocenters. The minimum atomic E-state index is -0.679. The molecule has 7 nitrogen and oxygen atoms in total. The van der Waals surface area contributed by atoms with Crippen molar-refractivity contribution in [2.24, 2.45) is 0 Å². The van der Waals surface area contributed by atoms with Crippen molar-refractivity contribution in [3.05, 3.63) is 0 Å². The first-order valence-corrected chi connectivity index (χ1v) is 8.64. The van der Waals surface area contributed by atoms with Gasteiger partial charge in [-0.3, -0.25) is 14.5 Å². The van der Waals surface area contributed by atoms with Gasteiger partial charge in [-0.1, -0.05) is 12.8 Å². The average Bonchev–Trinajstić information content (AvgIpc) is 3.12. The van der Waals surface area contributed by atoms with Gasteiger partial charge in [0.25, 0.3) is 5.91 Å². The van der Waals surface area contributed by atoms with Gasteiger partial charge >= 0.3 is 6.03 Å². The van der Waals surface area contributed by atoms with Gasteiger partial charge in [0.05, 0.1) is 0 Å². The Hall–Kier alpha value is -1.63. The first-order chi connectivity index (χ1) is 11.0. The molecule has 23 heavy (non-hydrogen) atoms. The molecule has 4 amide bonds. The van der Waals surface area contributed by atoms with Crippen molar-refractivity contribution in [1.82, 2.24) is 20.4 Å². The molecule has 3 aliphatic rings. The minimum Gasteiger partial charge on any atom is -0.343 e. The van der Waals surface area contributed by atoms with E-state index in [2.05, 4.69) is 10.6 Å². The molecule has 7 heteroatoms. The van der Waals surface area contributed by atoms with Gasteiger partial charge in [-0.15, -0.1) is 0 Å². The summed E-state index contributed by atoms with van der Waals surface area (Å²) in [4.78, 5) is 40.0. The Morgan fingerprint density at radius 2 is 1.91 bits per heavy atom. The third kappa shape index (κ3) is 3.06. The van der Waals surface area contributed by atoms with Crippen LogP contribution in [0.25, 0.3) is 0 Å². The Kier molecular flexibility index (Phi) is 4.57. The van der Waals surface area contributed by atoms with Crippen LogP contribution >= 0.6 is 0 Å². The molecule has 1 aliphatic carbocycles. The van der Waals surface area contributed by atoms with Crippen molar-refractivity contribution < 1.29 is 14.4 Å². The van der Waals surface area contributed by atoms with E-state index in [1.54, 1.807) is 4.90 Å². The number of amides is 4. The summed E-state index contributed by atoms with van der Waals surface area (Å²) in [5, 5.41) is 6.13. The molecule has 2 aliphatic heterocycles. The first kappa shape index (κ1) is 16.2. The number of hydrogen-bond acceptors (Lipinski definition) is 4. The van der Waals surface area contributed by atoms with Gasteiger partial charge in [-0.2, -0.15) is 0 Å². The second kappa shape index (κ2) is 6.47. The number of hydrogen-bond donors (Lipinski definition) is 2. The molecule has 0 atom stereocenters. The van der Waals surface area contributed by atoms with E-state index in [9.17, 15) is 14.4 Å². The highest BCUT2D eigenvalue weighted by Gasteiger charge is 2.52. The Labute approximate surface area is 136 Å². The fraction of sp³-hybridized carbons (Fsp3) is 0.812. The zero-order chi connectivity index (χ0) is 16.4. The van der Waals surface area contributed by atoms with Crippen LogP contribution in [0.5, 0.6) is 0 Å². The Morgan fingerprint density at radius 1 is 1.26 bits per heavy atom. The summed E-state index contributed by atoms with van der Waals surface area (Å²) in [5.41, 5.74) is -0.679. The molecule has 2 heterocycles. The maximum Gasteiger partial charge on any atom is 0.325 e. The van der Waals surface area contributed by atoms with Gasteiger partial charge < -0.3 is 15.5 Å². The number of imide groups is 1. The summed E-state index contributed by atoms with van der Waals surface area (Å²) < 4.78 is 0. The van der Waals surface area contributed by atoms with E-state index in [0.29, 0.717) is 0 Å². The topological polar surface area (TPSA) is 81.8 Å². The predicted octanol–water partition coefficient (Wildman–Crippen LogP) is 0.452. The Balaban J connectivity index is 1.54. The maximum absolute atomic E-state index is 12.5. The summed E-state index contributed by atoms with van der Waals surface area (Å²) in [5.74, 6) is -0.137. The standard InChI is InChI=1S/C16H26N4O3/c1-19(12-4-9-17-10-5-12)13(21)6-11-20-14(22)16(18-15(20)23)7-2-3-8-16/h12,17H,2-11H2,1H3,(H,18,23). The molecule has 0 aromatic rings. The summed E-state index contributed by atoms with van der Waals surface area (Å²) >= 11 is 0. The van der Waals surface area contributed by atoms with Crippen molar-refractivity contribution in [2.75, 3.05) is 26.7 Å². The fourth-order valence-electron chi connectivity index (χ4n) is 3.98. The molecule has 3 rings (SSSR count). The number of carbonyl (C=O) groups is 3. The summed E-state index contributed by atoms with van der Waals surface area (Å²) in [6.07, 6.45) is 5.49. The highest BCUT2D eigenvalue weighted by molar-refractivity contribution is 6.07. The van der Waals surface area contributed by atoms with Crippen LogP contribution in [0.2, 0.25) is 0 Å². The van der Waals surface area contributed by atoms with Crippen LogP contribution in [0.1, 0.15) is 44.9 Å². The molecule has 1 spiro atoms. The van der Waals surface area contributed by atoms with Crippen LogP contribution in [0.15, 0.2) is 0 Å². The minimum absolute atomic E-state index is 0.00451. The van der Waals surface area contributed by atoms with Crippen molar-refractivity contribution in [1.29, 1.82) is 0 Å². The van der Waals surface area contributed by atoms with Gasteiger partial charge in [-0.05, 0) is 38.8 Å². The van der Waals surface area contributed by atoms with Crippen LogP contribution in [0, 0.1) is 0 Å². The molecule has 3 fully saturated rings. The molecule has 0 aromatic heterocycles. The number of piperidine rings is 1. The predicted molar refractivity (Wildman–Crippen MR) is 84.7 cm³/mol. The second-order valence-electron chi connectivity index (χ2n) is 6.91. The van der Waals surface area contributed by atoms with E-state index in [-0.39, 0.29) is 36.9 Å². The Bertz CT molecular complexity index is 496. The lowest BCUT2D eigenvalue weighted by atomic mass is 9.98. The number of nitrogens with zero attached hydrogens (tertiary/aromatic N) is 2. The highest BCUT2D eigenvalue weighted by Crippen LogP contribution is 2.35. The van der Waals surface area contributed by atoms with E-state index in [1.165, 1.54) is 4.90 Å². The second-order valence-corrected chi connectivity index (χ2v) is 6.91. The van der Waals surface area contributed by atoms with E-state index >= 15 is 0 Å². The monoisotopic (exact) mass is 322 g/mol. The molecular weight excluding hydrogens is 296 g/mol. The average molecular weight is 322 g/mol. The summed E-state index contributed by atoms with van der Waals surface area (Å²) in [6.45, 7) is 2.04. The molecule has 1 saturated carbocycles. The zero-order valence-electron chi connectivity index (χ0n) is 13.8.